The van der Waals surface area contributed by atoms with Crippen molar-refractivity contribution in [1.82, 2.24) is 4.90 Å². The molecule has 1 aromatic rings. The number of nitrogens with zero attached hydrogens (tertiary/aromatic N) is 1. The monoisotopic (exact) mass is 238 g/mol. The molecule has 0 saturated heterocycles. The summed E-state index contributed by atoms with van der Waals surface area (Å²) in [6, 6.07) is 5.78. The van der Waals surface area contributed by atoms with Gasteiger partial charge < -0.3 is 5.73 Å². The van der Waals surface area contributed by atoms with E-state index < -0.39 is 11.7 Å². The molecular formula is C12H15FN2O2. The van der Waals surface area contributed by atoms with E-state index in [1.54, 1.807) is 17.9 Å². The van der Waals surface area contributed by atoms with Crippen molar-refractivity contribution in [2.75, 3.05) is 19.6 Å². The second kappa shape index (κ2) is 6.10. The van der Waals surface area contributed by atoms with Crippen LogP contribution in [-0.4, -0.2) is 36.2 Å². The van der Waals surface area contributed by atoms with Crippen LogP contribution in [0, 0.1) is 5.82 Å². The van der Waals surface area contributed by atoms with Gasteiger partial charge in [0.2, 0.25) is 5.91 Å². The number of primary amides is 1. The van der Waals surface area contributed by atoms with E-state index in [0.29, 0.717) is 6.54 Å². The van der Waals surface area contributed by atoms with Gasteiger partial charge in [-0.3, -0.25) is 14.5 Å². The number of amides is 1. The number of carbonyl (C=O) groups is 2. The fraction of sp³-hybridized carbons (Fsp3) is 0.333. The highest BCUT2D eigenvalue weighted by molar-refractivity contribution is 5.98. The maximum absolute atomic E-state index is 13.3. The van der Waals surface area contributed by atoms with Crippen LogP contribution < -0.4 is 5.73 Å². The smallest absolute Gasteiger partial charge is 0.231 e. The molecule has 0 fully saturated rings. The summed E-state index contributed by atoms with van der Waals surface area (Å²) >= 11 is 0. The number of halogens is 1. The average molecular weight is 238 g/mol. The first-order chi connectivity index (χ1) is 8.04. The molecule has 92 valence electrons. The zero-order valence-electron chi connectivity index (χ0n) is 9.65. The molecule has 0 aliphatic rings. The van der Waals surface area contributed by atoms with Gasteiger partial charge in [0.05, 0.1) is 18.7 Å². The van der Waals surface area contributed by atoms with Gasteiger partial charge in [0.25, 0.3) is 0 Å². The van der Waals surface area contributed by atoms with Crippen LogP contribution in [0.2, 0.25) is 0 Å². The van der Waals surface area contributed by atoms with Crippen molar-refractivity contribution in [2.24, 2.45) is 5.73 Å². The second-order valence-corrected chi connectivity index (χ2v) is 3.67. The van der Waals surface area contributed by atoms with Crippen molar-refractivity contribution in [1.29, 1.82) is 0 Å². The minimum atomic E-state index is -0.548. The molecule has 0 bridgehead atoms. The third kappa shape index (κ3) is 3.96. The molecule has 1 amide bonds. The van der Waals surface area contributed by atoms with Gasteiger partial charge in [-0.15, -0.1) is 0 Å². The maximum atomic E-state index is 13.3. The quantitative estimate of drug-likeness (QED) is 0.746. The molecule has 1 rings (SSSR count). The van der Waals surface area contributed by atoms with Gasteiger partial charge in [0, 0.05) is 0 Å². The number of likely N-dealkylation sites (N-methyl/N-ethyl adjacent to an activating group) is 1. The third-order valence-corrected chi connectivity index (χ3v) is 2.37. The van der Waals surface area contributed by atoms with E-state index >= 15 is 0 Å². The Labute approximate surface area is 99.2 Å². The van der Waals surface area contributed by atoms with Crippen molar-refractivity contribution < 1.29 is 14.0 Å². The van der Waals surface area contributed by atoms with Gasteiger partial charge in [-0.05, 0) is 18.7 Å². The Morgan fingerprint density at radius 1 is 1.29 bits per heavy atom. The summed E-state index contributed by atoms with van der Waals surface area (Å²) in [4.78, 5) is 24.1. The van der Waals surface area contributed by atoms with Gasteiger partial charge in [-0.2, -0.15) is 0 Å². The van der Waals surface area contributed by atoms with E-state index in [1.165, 1.54) is 18.2 Å². The maximum Gasteiger partial charge on any atom is 0.231 e. The minimum Gasteiger partial charge on any atom is -0.369 e. The predicted molar refractivity (Wildman–Crippen MR) is 62.0 cm³/mol. The summed E-state index contributed by atoms with van der Waals surface area (Å²) in [6.45, 7) is 2.29. The Balaban J connectivity index is 2.71. The summed E-state index contributed by atoms with van der Waals surface area (Å²) < 4.78 is 13.3. The van der Waals surface area contributed by atoms with E-state index in [-0.39, 0.29) is 24.4 Å². The Hall–Kier alpha value is -1.75. The van der Waals surface area contributed by atoms with Crippen molar-refractivity contribution in [3.63, 3.8) is 0 Å². The van der Waals surface area contributed by atoms with E-state index in [9.17, 15) is 14.0 Å². The number of nitrogens with two attached hydrogens (primary N) is 1. The lowest BCUT2D eigenvalue weighted by Crippen LogP contribution is -2.37. The largest absolute Gasteiger partial charge is 0.369 e. The van der Waals surface area contributed by atoms with Crippen LogP contribution in [-0.2, 0) is 4.79 Å². The molecule has 5 heteroatoms. The molecule has 2 N–H and O–H groups in total. The number of hydrogen-bond donors (Lipinski definition) is 1. The number of ketones is 1. The van der Waals surface area contributed by atoms with Gasteiger partial charge >= 0.3 is 0 Å². The fourth-order valence-corrected chi connectivity index (χ4v) is 1.48. The Morgan fingerprint density at radius 3 is 2.47 bits per heavy atom. The highest BCUT2D eigenvalue weighted by atomic mass is 19.1. The van der Waals surface area contributed by atoms with Crippen LogP contribution in [0.5, 0.6) is 0 Å². The van der Waals surface area contributed by atoms with E-state index in [2.05, 4.69) is 0 Å². The lowest BCUT2D eigenvalue weighted by atomic mass is 10.1. The van der Waals surface area contributed by atoms with Crippen molar-refractivity contribution in [2.45, 2.75) is 6.92 Å². The zero-order chi connectivity index (χ0) is 12.8. The minimum absolute atomic E-state index is 0.00328. The van der Waals surface area contributed by atoms with E-state index in [4.69, 9.17) is 5.73 Å². The van der Waals surface area contributed by atoms with Gasteiger partial charge in [-0.25, -0.2) is 4.39 Å². The molecule has 0 aliphatic heterocycles. The normalized spacial score (nSPS) is 10.5. The SMILES string of the molecule is CCN(CC(N)=O)CC(=O)c1ccccc1F. The molecule has 0 radical (unpaired) electrons. The molecule has 17 heavy (non-hydrogen) atoms. The summed E-state index contributed by atoms with van der Waals surface area (Å²) in [5.41, 5.74) is 5.08. The first-order valence-electron chi connectivity index (χ1n) is 5.33. The highest BCUT2D eigenvalue weighted by Crippen LogP contribution is 2.08. The molecule has 1 aromatic carbocycles. The van der Waals surface area contributed by atoms with Crippen LogP contribution in [0.1, 0.15) is 17.3 Å². The molecular weight excluding hydrogens is 223 g/mol. The van der Waals surface area contributed by atoms with E-state index in [0.717, 1.165) is 0 Å². The molecule has 4 nitrogen and oxygen atoms in total. The lowest BCUT2D eigenvalue weighted by molar-refractivity contribution is -0.118. The Kier molecular flexibility index (Phi) is 4.78. The summed E-state index contributed by atoms with van der Waals surface area (Å²) in [5.74, 6) is -1.41. The molecule has 0 atom stereocenters. The van der Waals surface area contributed by atoms with Crippen LogP contribution in [0.4, 0.5) is 4.39 Å². The topological polar surface area (TPSA) is 63.4 Å². The average Bonchev–Trinajstić information content (AvgIpc) is 2.27. The standard InChI is InChI=1S/C12H15FN2O2/c1-2-15(8-12(14)17)7-11(16)9-5-3-4-6-10(9)13/h3-6H,2,7-8H2,1H3,(H2,14,17). The summed E-state index contributed by atoms with van der Waals surface area (Å²) in [7, 11) is 0. The number of Topliss-reactive ketones (excluding diaryl/α,β-unsaturated/α-hetero) is 1. The van der Waals surface area contributed by atoms with Gasteiger partial charge in [0.15, 0.2) is 5.78 Å². The van der Waals surface area contributed by atoms with Crippen molar-refractivity contribution in [3.8, 4) is 0 Å². The predicted octanol–water partition coefficient (Wildman–Crippen LogP) is 0.816. The van der Waals surface area contributed by atoms with Crippen LogP contribution in [0.25, 0.3) is 0 Å². The van der Waals surface area contributed by atoms with Crippen LogP contribution >= 0.6 is 0 Å². The van der Waals surface area contributed by atoms with Crippen molar-refractivity contribution >= 4 is 11.7 Å². The molecule has 0 unspecified atom stereocenters. The Bertz CT molecular complexity index is 421. The molecule has 0 heterocycles. The number of carbonyl (C=O) groups excluding carboxylic acids is 2. The van der Waals surface area contributed by atoms with Crippen LogP contribution in [0.3, 0.4) is 0 Å². The first kappa shape index (κ1) is 13.3. The summed E-state index contributed by atoms with van der Waals surface area (Å²) in [6.07, 6.45) is 0. The van der Waals surface area contributed by atoms with Gasteiger partial charge in [-0.1, -0.05) is 19.1 Å². The molecule has 0 aliphatic carbocycles. The Morgan fingerprint density at radius 2 is 1.94 bits per heavy atom. The highest BCUT2D eigenvalue weighted by Gasteiger charge is 2.15. The number of benzene rings is 1. The number of hydrogen-bond acceptors (Lipinski definition) is 3. The van der Waals surface area contributed by atoms with Crippen molar-refractivity contribution in [3.05, 3.63) is 35.6 Å². The third-order valence-electron chi connectivity index (χ3n) is 2.37. The van der Waals surface area contributed by atoms with Gasteiger partial charge in [0.1, 0.15) is 5.82 Å². The molecule has 0 saturated carbocycles. The summed E-state index contributed by atoms with van der Waals surface area (Å²) in [5, 5.41) is 0. The lowest BCUT2D eigenvalue weighted by Gasteiger charge is -2.17. The number of rotatable bonds is 6. The molecule has 0 spiro atoms. The first-order valence-corrected chi connectivity index (χ1v) is 5.33. The van der Waals surface area contributed by atoms with Crippen LogP contribution in [0.15, 0.2) is 24.3 Å². The van der Waals surface area contributed by atoms with E-state index in [1.807, 2.05) is 0 Å². The zero-order valence-corrected chi connectivity index (χ0v) is 9.65. The fourth-order valence-electron chi connectivity index (χ4n) is 1.48. The molecule has 0 aromatic heterocycles. The second-order valence-electron chi connectivity index (χ2n) is 3.67.